The fourth-order valence-electron chi connectivity index (χ4n) is 7.96. The fraction of sp³-hybridized carbons (Fsp3) is 0.630. The topological polar surface area (TPSA) is 55.4 Å². The molecular formula is C27H35NO3. The van der Waals surface area contributed by atoms with Crippen LogP contribution in [-0.2, 0) is 9.59 Å². The molecule has 1 N–H and O–H groups in total. The number of carbonyl (C=O) groups excluding carboxylic acids is 2. The zero-order chi connectivity index (χ0) is 21.8. The largest absolute Gasteiger partial charge is 0.495 e. The number of hydrogen-bond donors (Lipinski definition) is 1. The first kappa shape index (κ1) is 20.8. The molecule has 1 aromatic rings. The average Bonchev–Trinajstić information content (AvgIpc) is 3.12. The van der Waals surface area contributed by atoms with Crippen molar-refractivity contribution < 1.29 is 14.3 Å². The molecule has 0 heterocycles. The van der Waals surface area contributed by atoms with Crippen molar-refractivity contribution in [2.24, 2.45) is 34.5 Å². The number of amides is 1. The maximum atomic E-state index is 13.4. The molecule has 4 heteroatoms. The first-order valence-corrected chi connectivity index (χ1v) is 12.0. The second-order valence-electron chi connectivity index (χ2n) is 10.8. The fourth-order valence-corrected chi connectivity index (χ4v) is 7.96. The van der Waals surface area contributed by atoms with Gasteiger partial charge < -0.3 is 10.1 Å². The van der Waals surface area contributed by atoms with Crippen molar-refractivity contribution in [3.63, 3.8) is 0 Å². The Kier molecular flexibility index (Phi) is 5.02. The third-order valence-corrected chi connectivity index (χ3v) is 9.64. The molecule has 0 radical (unpaired) electrons. The zero-order valence-electron chi connectivity index (χ0n) is 19.1. The van der Waals surface area contributed by atoms with E-state index in [-0.39, 0.29) is 22.7 Å². The van der Waals surface area contributed by atoms with Gasteiger partial charge in [-0.3, -0.25) is 9.59 Å². The van der Waals surface area contributed by atoms with Crippen LogP contribution in [0.1, 0.15) is 65.2 Å². The van der Waals surface area contributed by atoms with Gasteiger partial charge in [-0.15, -0.1) is 0 Å². The third-order valence-electron chi connectivity index (χ3n) is 9.64. The number of ketones is 1. The number of ether oxygens (including phenoxy) is 1. The molecule has 1 aromatic carbocycles. The van der Waals surface area contributed by atoms with Gasteiger partial charge in [0.15, 0.2) is 5.78 Å². The molecular weight excluding hydrogens is 386 g/mol. The van der Waals surface area contributed by atoms with Crippen molar-refractivity contribution in [1.29, 1.82) is 0 Å². The number of para-hydroxylation sites is 2. The average molecular weight is 422 g/mol. The highest BCUT2D eigenvalue weighted by atomic mass is 16.5. The molecule has 4 aliphatic rings. The zero-order valence-corrected chi connectivity index (χ0v) is 19.1. The minimum absolute atomic E-state index is 0.0565. The Balaban J connectivity index is 1.37. The van der Waals surface area contributed by atoms with E-state index in [9.17, 15) is 9.59 Å². The van der Waals surface area contributed by atoms with Crippen molar-refractivity contribution in [2.45, 2.75) is 65.2 Å². The Labute approximate surface area is 185 Å². The van der Waals surface area contributed by atoms with Gasteiger partial charge in [0.2, 0.25) is 5.91 Å². The van der Waals surface area contributed by atoms with Crippen molar-refractivity contribution >= 4 is 17.4 Å². The van der Waals surface area contributed by atoms with Crippen LogP contribution in [-0.4, -0.2) is 18.8 Å². The molecule has 0 aromatic heterocycles. The van der Waals surface area contributed by atoms with Gasteiger partial charge in [-0.05, 0) is 91.7 Å². The Morgan fingerprint density at radius 1 is 1.03 bits per heavy atom. The van der Waals surface area contributed by atoms with Gasteiger partial charge in [-0.25, -0.2) is 0 Å². The molecule has 0 bridgehead atoms. The molecule has 3 saturated carbocycles. The SMILES string of the molecule is COc1ccccc1NC(=O)[C@H]1CC[C@H]2[C@@H]3CCC4=CC(=O)CC[C@]4(C)[C@H]3CC[C@]12C. The second kappa shape index (κ2) is 7.50. The van der Waals surface area contributed by atoms with Crippen molar-refractivity contribution in [3.05, 3.63) is 35.9 Å². The highest BCUT2D eigenvalue weighted by Gasteiger charge is 2.60. The normalized spacial score (nSPS) is 39.1. The van der Waals surface area contributed by atoms with Crippen molar-refractivity contribution in [2.75, 3.05) is 12.4 Å². The minimum Gasteiger partial charge on any atom is -0.495 e. The first-order chi connectivity index (χ1) is 14.9. The van der Waals surface area contributed by atoms with Crippen LogP contribution in [0.2, 0.25) is 0 Å². The second-order valence-corrected chi connectivity index (χ2v) is 10.8. The molecule has 0 saturated heterocycles. The number of benzene rings is 1. The van der Waals surface area contributed by atoms with Gasteiger partial charge in [0.25, 0.3) is 0 Å². The monoisotopic (exact) mass is 421 g/mol. The van der Waals surface area contributed by atoms with Gasteiger partial charge in [0, 0.05) is 12.3 Å². The predicted octanol–water partition coefficient (Wildman–Crippen LogP) is 5.78. The number of allylic oxidation sites excluding steroid dienone is 1. The highest BCUT2D eigenvalue weighted by molar-refractivity contribution is 5.94. The van der Waals surface area contributed by atoms with Crippen LogP contribution >= 0.6 is 0 Å². The third kappa shape index (κ3) is 3.16. The van der Waals surface area contributed by atoms with E-state index in [1.165, 1.54) is 18.4 Å². The molecule has 0 unspecified atom stereocenters. The van der Waals surface area contributed by atoms with E-state index in [1.54, 1.807) is 7.11 Å². The van der Waals surface area contributed by atoms with E-state index in [4.69, 9.17) is 4.74 Å². The van der Waals surface area contributed by atoms with Gasteiger partial charge in [-0.2, -0.15) is 0 Å². The summed E-state index contributed by atoms with van der Waals surface area (Å²) in [6.07, 6.45) is 10.4. The maximum absolute atomic E-state index is 13.4. The quantitative estimate of drug-likeness (QED) is 0.673. The number of hydrogen-bond acceptors (Lipinski definition) is 3. The molecule has 5 rings (SSSR count). The Bertz CT molecular complexity index is 936. The molecule has 4 aliphatic carbocycles. The lowest BCUT2D eigenvalue weighted by Crippen LogP contribution is -2.51. The van der Waals surface area contributed by atoms with Gasteiger partial charge in [-0.1, -0.05) is 31.6 Å². The smallest absolute Gasteiger partial charge is 0.228 e. The number of methoxy groups -OCH3 is 1. The standard InChI is InChI=1S/C27H35NO3/c1-26-14-12-18(29)16-17(26)8-9-19-20-10-11-22(27(20,2)15-13-21(19)26)25(30)28-23-6-4-5-7-24(23)31-3/h4-7,16,19-22H,8-15H2,1-3H3,(H,28,30)/t19-,20-,21-,22+,26-,27-/m0/s1. The van der Waals surface area contributed by atoms with Crippen LogP contribution in [0.4, 0.5) is 5.69 Å². The van der Waals surface area contributed by atoms with Crippen LogP contribution in [0, 0.1) is 34.5 Å². The van der Waals surface area contributed by atoms with Gasteiger partial charge in [0.05, 0.1) is 12.8 Å². The summed E-state index contributed by atoms with van der Waals surface area (Å²) in [7, 11) is 1.64. The Hall–Kier alpha value is -2.10. The van der Waals surface area contributed by atoms with Crippen LogP contribution < -0.4 is 10.1 Å². The number of anilines is 1. The molecule has 3 fully saturated rings. The van der Waals surface area contributed by atoms with Crippen molar-refractivity contribution in [1.82, 2.24) is 0 Å². The Morgan fingerprint density at radius 3 is 2.65 bits per heavy atom. The summed E-state index contributed by atoms with van der Waals surface area (Å²) in [5.74, 6) is 3.19. The summed E-state index contributed by atoms with van der Waals surface area (Å²) in [5.41, 5.74) is 2.44. The molecule has 31 heavy (non-hydrogen) atoms. The molecule has 166 valence electrons. The van der Waals surface area contributed by atoms with Crippen LogP contribution in [0.3, 0.4) is 0 Å². The molecule has 1 amide bonds. The van der Waals surface area contributed by atoms with E-state index < -0.39 is 0 Å². The molecule has 0 spiro atoms. The van der Waals surface area contributed by atoms with E-state index in [0.717, 1.165) is 37.8 Å². The number of fused-ring (bicyclic) bond motifs is 5. The van der Waals surface area contributed by atoms with E-state index in [1.807, 2.05) is 30.3 Å². The van der Waals surface area contributed by atoms with Gasteiger partial charge >= 0.3 is 0 Å². The number of nitrogens with one attached hydrogen (secondary N) is 1. The summed E-state index contributed by atoms with van der Waals surface area (Å²) in [5, 5.41) is 3.18. The van der Waals surface area contributed by atoms with Crippen LogP contribution in [0.25, 0.3) is 0 Å². The lowest BCUT2D eigenvalue weighted by Gasteiger charge is -2.58. The van der Waals surface area contributed by atoms with E-state index in [2.05, 4.69) is 19.2 Å². The van der Waals surface area contributed by atoms with Crippen LogP contribution in [0.5, 0.6) is 5.75 Å². The van der Waals surface area contributed by atoms with E-state index >= 15 is 0 Å². The summed E-state index contributed by atoms with van der Waals surface area (Å²) in [4.78, 5) is 25.5. The minimum atomic E-state index is 0.0565. The highest BCUT2D eigenvalue weighted by Crippen LogP contribution is 2.66. The molecule has 0 aliphatic heterocycles. The lowest BCUT2D eigenvalue weighted by molar-refractivity contribution is -0.127. The van der Waals surface area contributed by atoms with Crippen molar-refractivity contribution in [3.8, 4) is 5.75 Å². The van der Waals surface area contributed by atoms with Gasteiger partial charge in [0.1, 0.15) is 5.75 Å². The molecule has 4 nitrogen and oxygen atoms in total. The maximum Gasteiger partial charge on any atom is 0.228 e. The van der Waals surface area contributed by atoms with E-state index in [0.29, 0.717) is 35.7 Å². The Morgan fingerprint density at radius 2 is 1.84 bits per heavy atom. The number of rotatable bonds is 3. The lowest BCUT2D eigenvalue weighted by atomic mass is 9.47. The summed E-state index contributed by atoms with van der Waals surface area (Å²) in [6, 6.07) is 7.67. The summed E-state index contributed by atoms with van der Waals surface area (Å²) < 4.78 is 5.44. The summed E-state index contributed by atoms with van der Waals surface area (Å²) in [6.45, 7) is 4.80. The predicted molar refractivity (Wildman–Crippen MR) is 122 cm³/mol. The van der Waals surface area contributed by atoms with Crippen LogP contribution in [0.15, 0.2) is 35.9 Å². The molecule has 6 atom stereocenters. The summed E-state index contributed by atoms with van der Waals surface area (Å²) >= 11 is 0. The first-order valence-electron chi connectivity index (χ1n) is 12.0. The number of carbonyl (C=O) groups is 2.